The second-order valence-electron chi connectivity index (χ2n) is 6.53. The SMILES string of the molecule is C=C1CC=C(c2c(C#N)ccc(OCc3ccccc3)c2C(=O)N=C(SC)SC)C=N1. The molecule has 0 N–H and O–H groups in total. The summed E-state index contributed by atoms with van der Waals surface area (Å²) in [7, 11) is 0. The number of benzene rings is 2. The highest BCUT2D eigenvalue weighted by Gasteiger charge is 2.24. The van der Waals surface area contributed by atoms with E-state index in [0.29, 0.717) is 33.2 Å². The number of amides is 1. The largest absolute Gasteiger partial charge is 0.488 e. The van der Waals surface area contributed by atoms with E-state index in [1.807, 2.05) is 48.9 Å². The quantitative estimate of drug-likeness (QED) is 0.432. The molecule has 2 aromatic carbocycles. The molecule has 0 saturated heterocycles. The first-order chi connectivity index (χ1) is 15.1. The molecule has 0 unspecified atom stereocenters. The molecule has 0 saturated carbocycles. The molecule has 1 aliphatic rings. The minimum absolute atomic E-state index is 0.265. The monoisotopic (exact) mass is 447 g/mol. The van der Waals surface area contributed by atoms with E-state index in [9.17, 15) is 10.1 Å². The van der Waals surface area contributed by atoms with Crippen molar-refractivity contribution in [3.05, 3.63) is 83.1 Å². The molecule has 7 heteroatoms. The van der Waals surface area contributed by atoms with Crippen molar-refractivity contribution in [2.75, 3.05) is 12.5 Å². The van der Waals surface area contributed by atoms with E-state index in [2.05, 4.69) is 22.6 Å². The normalized spacial score (nSPS) is 12.7. The van der Waals surface area contributed by atoms with Crippen molar-refractivity contribution in [1.29, 1.82) is 5.26 Å². The number of nitriles is 1. The number of allylic oxidation sites excluding steroid dienone is 2. The summed E-state index contributed by atoms with van der Waals surface area (Å²) in [5.41, 5.74) is 3.49. The van der Waals surface area contributed by atoms with E-state index < -0.39 is 5.91 Å². The summed E-state index contributed by atoms with van der Waals surface area (Å²) < 4.78 is 6.67. The van der Waals surface area contributed by atoms with Gasteiger partial charge in [0, 0.05) is 23.9 Å². The van der Waals surface area contributed by atoms with Gasteiger partial charge in [-0.25, -0.2) is 0 Å². The number of dihydropyridines is 1. The Morgan fingerprint density at radius 2 is 1.97 bits per heavy atom. The molecule has 0 spiro atoms. The number of hydrogen-bond donors (Lipinski definition) is 0. The highest BCUT2D eigenvalue weighted by molar-refractivity contribution is 8.38. The molecule has 0 aliphatic carbocycles. The van der Waals surface area contributed by atoms with Gasteiger partial charge in [-0.3, -0.25) is 9.79 Å². The molecule has 31 heavy (non-hydrogen) atoms. The van der Waals surface area contributed by atoms with Crippen molar-refractivity contribution in [2.24, 2.45) is 9.98 Å². The lowest BCUT2D eigenvalue weighted by atomic mass is 9.92. The number of carbonyl (C=O) groups is 1. The van der Waals surface area contributed by atoms with E-state index in [4.69, 9.17) is 4.74 Å². The first-order valence-corrected chi connectivity index (χ1v) is 11.9. The van der Waals surface area contributed by atoms with Gasteiger partial charge in [0.05, 0.1) is 17.2 Å². The summed E-state index contributed by atoms with van der Waals surface area (Å²) in [6.45, 7) is 4.15. The summed E-state index contributed by atoms with van der Waals surface area (Å²) in [4.78, 5) is 21.9. The number of thioether (sulfide) groups is 2. The minimum Gasteiger partial charge on any atom is -0.488 e. The van der Waals surface area contributed by atoms with Crippen LogP contribution in [0.3, 0.4) is 0 Å². The Kier molecular flexibility index (Phi) is 7.88. The van der Waals surface area contributed by atoms with E-state index in [-0.39, 0.29) is 12.2 Å². The van der Waals surface area contributed by atoms with Crippen LogP contribution in [0, 0.1) is 11.3 Å². The van der Waals surface area contributed by atoms with Crippen LogP contribution in [0.5, 0.6) is 5.75 Å². The Morgan fingerprint density at radius 3 is 2.58 bits per heavy atom. The van der Waals surface area contributed by atoms with E-state index in [1.165, 1.54) is 23.5 Å². The fourth-order valence-electron chi connectivity index (χ4n) is 3.02. The molecule has 2 aromatic rings. The topological polar surface area (TPSA) is 74.8 Å². The molecular formula is C24H21N3O2S2. The number of ether oxygens (including phenoxy) is 1. The Balaban J connectivity index is 2.14. The second kappa shape index (κ2) is 10.8. The predicted molar refractivity (Wildman–Crippen MR) is 131 cm³/mol. The first-order valence-electron chi connectivity index (χ1n) is 9.44. The Labute approximate surface area is 190 Å². The number of rotatable bonds is 5. The van der Waals surface area contributed by atoms with Crippen LogP contribution < -0.4 is 4.74 Å². The van der Waals surface area contributed by atoms with Gasteiger partial charge in [0.2, 0.25) is 0 Å². The zero-order valence-electron chi connectivity index (χ0n) is 17.3. The van der Waals surface area contributed by atoms with Crippen LogP contribution in [0.4, 0.5) is 0 Å². The minimum atomic E-state index is -0.451. The fourth-order valence-corrected chi connectivity index (χ4v) is 4.03. The first kappa shape index (κ1) is 22.6. The van der Waals surface area contributed by atoms with E-state index >= 15 is 0 Å². The van der Waals surface area contributed by atoms with Crippen molar-refractivity contribution in [3.63, 3.8) is 0 Å². The third-order valence-corrected chi connectivity index (χ3v) is 6.39. The van der Waals surface area contributed by atoms with Crippen LogP contribution in [-0.4, -0.2) is 29.0 Å². The standard InChI is InChI=1S/C24H21N3O2S2/c1-16-9-10-19(14-26-16)21-18(13-25)11-12-20(29-15-17-7-5-4-6-8-17)22(21)23(28)27-24(30-2)31-3/h4-8,10-12,14H,1,9,15H2,2-3H3. The molecule has 156 valence electrons. The predicted octanol–water partition coefficient (Wildman–Crippen LogP) is 5.73. The summed E-state index contributed by atoms with van der Waals surface area (Å²) in [6.07, 6.45) is 7.82. The highest BCUT2D eigenvalue weighted by atomic mass is 32.2. The maximum Gasteiger partial charge on any atom is 0.283 e. The highest BCUT2D eigenvalue weighted by Crippen LogP contribution is 2.34. The van der Waals surface area contributed by atoms with E-state index in [1.54, 1.807) is 18.3 Å². The molecule has 3 rings (SSSR count). The molecule has 1 heterocycles. The molecule has 0 aromatic heterocycles. The van der Waals surface area contributed by atoms with Gasteiger partial charge >= 0.3 is 0 Å². The van der Waals surface area contributed by atoms with Gasteiger partial charge in [-0.2, -0.15) is 10.3 Å². The third-order valence-electron chi connectivity index (χ3n) is 4.51. The smallest absolute Gasteiger partial charge is 0.283 e. The van der Waals surface area contributed by atoms with Crippen LogP contribution >= 0.6 is 23.5 Å². The maximum absolute atomic E-state index is 13.3. The van der Waals surface area contributed by atoms with Gasteiger partial charge in [-0.15, -0.1) is 23.5 Å². The van der Waals surface area contributed by atoms with Crippen LogP contribution in [0.15, 0.2) is 70.8 Å². The molecular weight excluding hydrogens is 426 g/mol. The van der Waals surface area contributed by atoms with Crippen molar-refractivity contribution < 1.29 is 9.53 Å². The van der Waals surface area contributed by atoms with Gasteiger partial charge in [0.1, 0.15) is 16.7 Å². The average Bonchev–Trinajstić information content (AvgIpc) is 2.81. The molecule has 0 bridgehead atoms. The second-order valence-corrected chi connectivity index (χ2v) is 8.37. The molecule has 5 nitrogen and oxygen atoms in total. The lowest BCUT2D eigenvalue weighted by molar-refractivity contribution is 0.0999. The Bertz CT molecular complexity index is 1120. The van der Waals surface area contributed by atoms with Crippen molar-refractivity contribution in [2.45, 2.75) is 13.0 Å². The summed E-state index contributed by atoms with van der Waals surface area (Å²) in [5, 5.41) is 9.74. The van der Waals surface area contributed by atoms with E-state index in [0.717, 1.165) is 11.3 Å². The molecule has 1 aliphatic heterocycles. The fraction of sp³-hybridized carbons (Fsp3) is 0.167. The van der Waals surface area contributed by atoms with Gasteiger partial charge < -0.3 is 4.74 Å². The third kappa shape index (κ3) is 5.54. The van der Waals surface area contributed by atoms with Gasteiger partial charge in [0.15, 0.2) is 0 Å². The number of aliphatic imine (C=N–C) groups is 2. The number of hydrogen-bond acceptors (Lipinski definition) is 6. The lowest BCUT2D eigenvalue weighted by Crippen LogP contribution is -2.10. The van der Waals surface area contributed by atoms with Crippen molar-refractivity contribution >= 4 is 45.6 Å². The van der Waals surface area contributed by atoms with Crippen LogP contribution in [0.1, 0.15) is 33.5 Å². The van der Waals surface area contributed by atoms with Gasteiger partial charge in [0.25, 0.3) is 5.91 Å². The summed E-state index contributed by atoms with van der Waals surface area (Å²) in [6, 6.07) is 15.2. The summed E-state index contributed by atoms with van der Waals surface area (Å²) in [5.74, 6) is -0.0700. The Morgan fingerprint density at radius 1 is 1.23 bits per heavy atom. The van der Waals surface area contributed by atoms with Gasteiger partial charge in [-0.1, -0.05) is 43.0 Å². The maximum atomic E-state index is 13.3. The average molecular weight is 448 g/mol. The summed E-state index contributed by atoms with van der Waals surface area (Å²) >= 11 is 2.79. The molecule has 1 amide bonds. The van der Waals surface area contributed by atoms with Crippen molar-refractivity contribution in [1.82, 2.24) is 0 Å². The van der Waals surface area contributed by atoms with Gasteiger partial charge in [-0.05, 0) is 35.8 Å². The van der Waals surface area contributed by atoms with Crippen LogP contribution in [0.2, 0.25) is 0 Å². The molecule has 0 fully saturated rings. The number of carbonyl (C=O) groups excluding carboxylic acids is 1. The molecule has 0 atom stereocenters. The zero-order valence-corrected chi connectivity index (χ0v) is 18.9. The molecule has 0 radical (unpaired) electrons. The Hall–Kier alpha value is -3.08. The lowest BCUT2D eigenvalue weighted by Gasteiger charge is -2.17. The number of nitrogens with zero attached hydrogens (tertiary/aromatic N) is 3. The van der Waals surface area contributed by atoms with Crippen LogP contribution in [-0.2, 0) is 6.61 Å². The van der Waals surface area contributed by atoms with Crippen LogP contribution in [0.25, 0.3) is 5.57 Å². The van der Waals surface area contributed by atoms with Crippen molar-refractivity contribution in [3.8, 4) is 11.8 Å². The zero-order chi connectivity index (χ0) is 22.2.